The van der Waals surface area contributed by atoms with E-state index in [2.05, 4.69) is 4.90 Å². The molecule has 10 heteroatoms. The van der Waals surface area contributed by atoms with Gasteiger partial charge in [0.2, 0.25) is 18.6 Å². The molecule has 3 heterocycles. The zero-order valence-corrected chi connectivity index (χ0v) is 20.6. The van der Waals surface area contributed by atoms with Crippen molar-refractivity contribution in [1.29, 1.82) is 0 Å². The monoisotopic (exact) mass is 499 g/mol. The van der Waals surface area contributed by atoms with Crippen molar-refractivity contribution in [3.05, 3.63) is 47.5 Å². The molecule has 0 radical (unpaired) electrons. The van der Waals surface area contributed by atoms with E-state index in [-0.39, 0.29) is 35.7 Å². The Morgan fingerprint density at radius 2 is 1.71 bits per heavy atom. The van der Waals surface area contributed by atoms with Crippen LogP contribution in [0.4, 0.5) is 5.69 Å². The molecule has 0 N–H and O–H groups in total. The van der Waals surface area contributed by atoms with E-state index in [0.717, 1.165) is 47.9 Å². The minimum absolute atomic E-state index is 0.0405. The lowest BCUT2D eigenvalue weighted by Crippen LogP contribution is -2.48. The number of sulfone groups is 1. The maximum absolute atomic E-state index is 12.9. The van der Waals surface area contributed by atoms with Crippen molar-refractivity contribution in [2.24, 2.45) is 0 Å². The quantitative estimate of drug-likeness (QED) is 0.598. The predicted molar refractivity (Wildman–Crippen MR) is 129 cm³/mol. The number of nitrogens with zero attached hydrogens (tertiary/aromatic N) is 3. The van der Waals surface area contributed by atoms with Crippen LogP contribution in [0, 0.1) is 0 Å². The molecule has 9 nitrogen and oxygen atoms in total. The first kappa shape index (κ1) is 23.6. The van der Waals surface area contributed by atoms with E-state index in [0.29, 0.717) is 26.1 Å². The van der Waals surface area contributed by atoms with E-state index in [1.54, 1.807) is 21.9 Å². The van der Waals surface area contributed by atoms with Crippen LogP contribution in [0.2, 0.25) is 0 Å². The van der Waals surface area contributed by atoms with Gasteiger partial charge in [0.1, 0.15) is 0 Å². The van der Waals surface area contributed by atoms with Gasteiger partial charge in [-0.3, -0.25) is 14.5 Å². The van der Waals surface area contributed by atoms with Gasteiger partial charge in [0.25, 0.3) is 0 Å². The summed E-state index contributed by atoms with van der Waals surface area (Å²) in [4.78, 5) is 30.4. The molecule has 0 spiro atoms. The van der Waals surface area contributed by atoms with Gasteiger partial charge in [0, 0.05) is 58.3 Å². The Labute approximate surface area is 205 Å². The van der Waals surface area contributed by atoms with Crippen molar-refractivity contribution in [3.8, 4) is 11.5 Å². The maximum atomic E-state index is 12.9. The molecule has 0 unspecified atom stereocenters. The molecule has 35 heavy (non-hydrogen) atoms. The van der Waals surface area contributed by atoms with Crippen LogP contribution in [0.5, 0.6) is 11.5 Å². The standard InChI is InChI=1S/C25H29N3O6S/c1-18(29)28-8-6-20-15-21(3-4-22(20)28)35(31,32)13-7-25(30)27-11-9-26(10-12-27)16-19-2-5-23-24(14-19)34-17-33-23/h2-5,14-15H,6-13,16-17H2,1H3. The lowest BCUT2D eigenvalue weighted by Gasteiger charge is -2.34. The van der Waals surface area contributed by atoms with Crippen molar-refractivity contribution in [2.45, 2.75) is 31.2 Å². The van der Waals surface area contributed by atoms with E-state index >= 15 is 0 Å². The number of amides is 2. The molecule has 1 fully saturated rings. The largest absolute Gasteiger partial charge is 0.454 e. The maximum Gasteiger partial charge on any atom is 0.231 e. The molecule has 2 aromatic carbocycles. The second-order valence-electron chi connectivity index (χ2n) is 9.12. The van der Waals surface area contributed by atoms with Crippen molar-refractivity contribution in [3.63, 3.8) is 0 Å². The zero-order chi connectivity index (χ0) is 24.6. The van der Waals surface area contributed by atoms with Crippen LogP contribution in [0.15, 0.2) is 41.3 Å². The first-order valence-corrected chi connectivity index (χ1v) is 13.5. The zero-order valence-electron chi connectivity index (χ0n) is 19.7. The first-order chi connectivity index (χ1) is 16.8. The van der Waals surface area contributed by atoms with Crippen LogP contribution in [-0.4, -0.2) is 75.3 Å². The molecule has 0 aromatic heterocycles. The summed E-state index contributed by atoms with van der Waals surface area (Å²) in [7, 11) is -3.59. The Hall–Kier alpha value is -3.11. The second kappa shape index (κ2) is 9.50. The SMILES string of the molecule is CC(=O)N1CCc2cc(S(=O)(=O)CCC(=O)N3CCN(Cc4ccc5c(c4)OCO5)CC3)ccc21. The number of rotatable bonds is 6. The lowest BCUT2D eigenvalue weighted by molar-refractivity contribution is -0.132. The lowest BCUT2D eigenvalue weighted by atomic mass is 10.1. The molecular weight excluding hydrogens is 470 g/mol. The Morgan fingerprint density at radius 3 is 2.49 bits per heavy atom. The highest BCUT2D eigenvalue weighted by Gasteiger charge is 2.27. The fourth-order valence-electron chi connectivity index (χ4n) is 4.85. The highest BCUT2D eigenvalue weighted by molar-refractivity contribution is 7.91. The summed E-state index contributed by atoms with van der Waals surface area (Å²) >= 11 is 0. The summed E-state index contributed by atoms with van der Waals surface area (Å²) in [6.45, 7) is 5.67. The van der Waals surface area contributed by atoms with Crippen molar-refractivity contribution < 1.29 is 27.5 Å². The van der Waals surface area contributed by atoms with Crippen molar-refractivity contribution >= 4 is 27.3 Å². The van der Waals surface area contributed by atoms with Gasteiger partial charge in [-0.1, -0.05) is 6.07 Å². The smallest absolute Gasteiger partial charge is 0.231 e. The van der Waals surface area contributed by atoms with Crippen molar-refractivity contribution in [2.75, 3.05) is 50.2 Å². The summed E-state index contributed by atoms with van der Waals surface area (Å²) in [5.74, 6) is 1.11. The van der Waals surface area contributed by atoms with Gasteiger partial charge in [-0.2, -0.15) is 0 Å². The normalized spacial score (nSPS) is 17.5. The molecule has 186 valence electrons. The molecule has 2 aromatic rings. The molecular formula is C25H29N3O6S. The number of hydrogen-bond acceptors (Lipinski definition) is 7. The van der Waals surface area contributed by atoms with Gasteiger partial charge in [0.15, 0.2) is 21.3 Å². The number of carbonyl (C=O) groups is 2. The Bertz CT molecular complexity index is 1250. The molecule has 0 atom stereocenters. The van der Waals surface area contributed by atoms with E-state index in [1.807, 2.05) is 18.2 Å². The van der Waals surface area contributed by atoms with Gasteiger partial charge < -0.3 is 19.3 Å². The highest BCUT2D eigenvalue weighted by Crippen LogP contribution is 2.33. The summed E-state index contributed by atoms with van der Waals surface area (Å²) < 4.78 is 36.6. The van der Waals surface area contributed by atoms with Gasteiger partial charge in [-0.15, -0.1) is 0 Å². The molecule has 2 amide bonds. The van der Waals surface area contributed by atoms with Crippen LogP contribution < -0.4 is 14.4 Å². The summed E-state index contributed by atoms with van der Waals surface area (Å²) in [6, 6.07) is 10.8. The highest BCUT2D eigenvalue weighted by atomic mass is 32.2. The molecule has 3 aliphatic rings. The number of anilines is 1. The average molecular weight is 500 g/mol. The number of fused-ring (bicyclic) bond motifs is 2. The summed E-state index contributed by atoms with van der Waals surface area (Å²) in [6.07, 6.45) is 0.592. The van der Waals surface area contributed by atoms with E-state index in [9.17, 15) is 18.0 Å². The van der Waals surface area contributed by atoms with E-state index in [4.69, 9.17) is 9.47 Å². The third-order valence-electron chi connectivity index (χ3n) is 6.84. The third kappa shape index (κ3) is 4.99. The molecule has 5 rings (SSSR count). The number of benzene rings is 2. The Balaban J connectivity index is 1.12. The number of ether oxygens (including phenoxy) is 2. The summed E-state index contributed by atoms with van der Waals surface area (Å²) in [5.41, 5.74) is 2.75. The predicted octanol–water partition coefficient (Wildman–Crippen LogP) is 1.83. The van der Waals surface area contributed by atoms with Gasteiger partial charge in [-0.25, -0.2) is 8.42 Å². The molecule has 0 bridgehead atoms. The first-order valence-electron chi connectivity index (χ1n) is 11.8. The van der Waals surface area contributed by atoms with Gasteiger partial charge in [0.05, 0.1) is 10.6 Å². The second-order valence-corrected chi connectivity index (χ2v) is 11.2. The molecule has 3 aliphatic heterocycles. The molecule has 0 saturated carbocycles. The van der Waals surface area contributed by atoms with Crippen LogP contribution >= 0.6 is 0 Å². The summed E-state index contributed by atoms with van der Waals surface area (Å²) in [5, 5.41) is 0. The fourth-order valence-corrected chi connectivity index (χ4v) is 6.13. The number of hydrogen-bond donors (Lipinski definition) is 0. The van der Waals surface area contributed by atoms with E-state index in [1.165, 1.54) is 13.0 Å². The van der Waals surface area contributed by atoms with Crippen molar-refractivity contribution in [1.82, 2.24) is 9.80 Å². The molecule has 0 aliphatic carbocycles. The number of piperazine rings is 1. The van der Waals surface area contributed by atoms with Gasteiger partial charge >= 0.3 is 0 Å². The Morgan fingerprint density at radius 1 is 0.943 bits per heavy atom. The minimum Gasteiger partial charge on any atom is -0.454 e. The van der Waals surface area contributed by atoms with E-state index < -0.39 is 9.84 Å². The van der Waals surface area contributed by atoms with Crippen LogP contribution in [0.25, 0.3) is 0 Å². The third-order valence-corrected chi connectivity index (χ3v) is 8.55. The number of carbonyl (C=O) groups excluding carboxylic acids is 2. The Kier molecular flexibility index (Phi) is 6.41. The topological polar surface area (TPSA) is 96.5 Å². The van der Waals surface area contributed by atoms with Gasteiger partial charge in [-0.05, 0) is 47.9 Å². The fraction of sp³-hybridized carbons (Fsp3) is 0.440. The minimum atomic E-state index is -3.59. The van der Waals surface area contributed by atoms with Crippen LogP contribution in [0.3, 0.4) is 0 Å². The van der Waals surface area contributed by atoms with Crippen LogP contribution in [-0.2, 0) is 32.4 Å². The van der Waals surface area contributed by atoms with Crippen LogP contribution in [0.1, 0.15) is 24.5 Å². The molecule has 1 saturated heterocycles. The average Bonchev–Trinajstić information content (AvgIpc) is 3.49.